The van der Waals surface area contributed by atoms with Crippen molar-refractivity contribution < 1.29 is 4.74 Å². The van der Waals surface area contributed by atoms with Crippen LogP contribution in [0.25, 0.3) is 0 Å². The zero-order chi connectivity index (χ0) is 10.4. The molecule has 3 heterocycles. The first-order valence-corrected chi connectivity index (χ1v) is 5.92. The van der Waals surface area contributed by atoms with Crippen molar-refractivity contribution in [2.45, 2.75) is 43.3 Å². The van der Waals surface area contributed by atoms with Gasteiger partial charge >= 0.3 is 0 Å². The van der Waals surface area contributed by atoms with Gasteiger partial charge in [0.25, 0.3) is 0 Å². The van der Waals surface area contributed by atoms with Gasteiger partial charge in [0.15, 0.2) is 0 Å². The molecule has 0 N–H and O–H groups in total. The van der Waals surface area contributed by atoms with Gasteiger partial charge in [-0.1, -0.05) is 0 Å². The molecule has 15 heavy (non-hydrogen) atoms. The van der Waals surface area contributed by atoms with Crippen LogP contribution in [-0.2, 0) is 17.7 Å². The summed E-state index contributed by atoms with van der Waals surface area (Å²) in [5.74, 6) is 2.73. The zero-order valence-electron chi connectivity index (χ0n) is 8.69. The topological polar surface area (TPSA) is 39.9 Å². The fourth-order valence-electron chi connectivity index (χ4n) is 2.72. The Hall–Kier alpha value is -0.610. The van der Waals surface area contributed by atoms with Crippen molar-refractivity contribution >= 4 is 11.6 Å². The molecule has 0 spiro atoms. The quantitative estimate of drug-likeness (QED) is 0.721. The van der Waals surface area contributed by atoms with Crippen LogP contribution >= 0.6 is 11.6 Å². The number of fused-ring (bicyclic) bond motifs is 2. The van der Waals surface area contributed by atoms with Gasteiger partial charge in [-0.2, -0.15) is 0 Å². The maximum atomic E-state index is 5.82. The van der Waals surface area contributed by atoms with Crippen LogP contribution in [0.4, 0.5) is 0 Å². The van der Waals surface area contributed by atoms with Crippen molar-refractivity contribution in [3.05, 3.63) is 11.6 Å². The molecule has 0 aliphatic carbocycles. The van der Waals surface area contributed by atoms with Gasteiger partial charge in [0.2, 0.25) is 0 Å². The van der Waals surface area contributed by atoms with Crippen molar-refractivity contribution in [1.82, 2.24) is 14.8 Å². The predicted molar refractivity (Wildman–Crippen MR) is 55.8 cm³/mol. The van der Waals surface area contributed by atoms with E-state index >= 15 is 0 Å². The maximum Gasteiger partial charge on any atom is 0.147 e. The summed E-state index contributed by atoms with van der Waals surface area (Å²) in [4.78, 5) is 0. The van der Waals surface area contributed by atoms with Crippen molar-refractivity contribution in [3.8, 4) is 0 Å². The lowest BCUT2D eigenvalue weighted by atomic mass is 9.88. The second-order valence-electron chi connectivity index (χ2n) is 4.38. The number of nitrogens with zero attached hydrogens (tertiary/aromatic N) is 3. The number of aromatic nitrogens is 3. The van der Waals surface area contributed by atoms with E-state index < -0.39 is 0 Å². The smallest absolute Gasteiger partial charge is 0.147 e. The third kappa shape index (κ3) is 1.39. The lowest BCUT2D eigenvalue weighted by Gasteiger charge is -2.17. The first-order chi connectivity index (χ1) is 7.29. The summed E-state index contributed by atoms with van der Waals surface area (Å²) in [6, 6.07) is 0. The second-order valence-corrected chi connectivity index (χ2v) is 4.65. The van der Waals surface area contributed by atoms with E-state index in [9.17, 15) is 0 Å². The lowest BCUT2D eigenvalue weighted by molar-refractivity contribution is 0.0996. The fourth-order valence-corrected chi connectivity index (χ4v) is 2.96. The molecule has 0 aromatic carbocycles. The highest BCUT2D eigenvalue weighted by Gasteiger charge is 2.43. The highest BCUT2D eigenvalue weighted by Crippen LogP contribution is 2.43. The Kier molecular flexibility index (Phi) is 2.21. The molecule has 82 valence electrons. The highest BCUT2D eigenvalue weighted by molar-refractivity contribution is 6.16. The van der Waals surface area contributed by atoms with Crippen LogP contribution in [0.2, 0.25) is 0 Å². The summed E-state index contributed by atoms with van der Waals surface area (Å²) < 4.78 is 7.84. The molecule has 2 aliphatic rings. The van der Waals surface area contributed by atoms with Gasteiger partial charge in [-0.05, 0) is 19.3 Å². The molecule has 2 fully saturated rings. The minimum Gasteiger partial charge on any atom is -0.374 e. The van der Waals surface area contributed by atoms with E-state index in [2.05, 4.69) is 10.2 Å². The summed E-state index contributed by atoms with van der Waals surface area (Å²) >= 11 is 5.78. The van der Waals surface area contributed by atoms with Gasteiger partial charge in [-0.25, -0.2) is 0 Å². The van der Waals surface area contributed by atoms with E-state index in [4.69, 9.17) is 16.3 Å². The number of halogens is 1. The highest BCUT2D eigenvalue weighted by atomic mass is 35.5. The van der Waals surface area contributed by atoms with Crippen LogP contribution in [0, 0.1) is 0 Å². The summed E-state index contributed by atoms with van der Waals surface area (Å²) in [6.45, 7) is 0. The van der Waals surface area contributed by atoms with E-state index in [1.165, 1.54) is 12.8 Å². The second kappa shape index (κ2) is 3.46. The van der Waals surface area contributed by atoms with Crippen LogP contribution in [-0.4, -0.2) is 27.0 Å². The molecule has 0 amide bonds. The lowest BCUT2D eigenvalue weighted by Crippen LogP contribution is -2.18. The van der Waals surface area contributed by atoms with Gasteiger partial charge < -0.3 is 9.30 Å². The Morgan fingerprint density at radius 3 is 2.87 bits per heavy atom. The van der Waals surface area contributed by atoms with Crippen LogP contribution in [0.1, 0.15) is 36.8 Å². The molecule has 1 aromatic rings. The van der Waals surface area contributed by atoms with Crippen molar-refractivity contribution in [2.75, 3.05) is 0 Å². The molecule has 1 aromatic heterocycles. The van der Waals surface area contributed by atoms with Crippen LogP contribution < -0.4 is 0 Å². The van der Waals surface area contributed by atoms with Gasteiger partial charge in [0.1, 0.15) is 11.6 Å². The van der Waals surface area contributed by atoms with Gasteiger partial charge in [-0.3, -0.25) is 0 Å². The minimum atomic E-state index is 0.362. The maximum absolute atomic E-state index is 5.82. The summed E-state index contributed by atoms with van der Waals surface area (Å²) in [6.07, 6.45) is 4.29. The van der Waals surface area contributed by atoms with E-state index in [1.807, 2.05) is 11.6 Å². The normalized spacial score (nSPS) is 33.9. The molecule has 3 unspecified atom stereocenters. The van der Waals surface area contributed by atoms with E-state index in [0.717, 1.165) is 18.1 Å². The van der Waals surface area contributed by atoms with Crippen LogP contribution in [0.3, 0.4) is 0 Å². The number of hydrogen-bond donors (Lipinski definition) is 0. The third-order valence-electron chi connectivity index (χ3n) is 3.56. The minimum absolute atomic E-state index is 0.362. The molecular formula is C10H14ClN3O. The number of ether oxygens (including phenoxy) is 1. The first kappa shape index (κ1) is 9.60. The summed E-state index contributed by atoms with van der Waals surface area (Å²) in [5, 5.41) is 8.32. The van der Waals surface area contributed by atoms with Gasteiger partial charge in [-0.15, -0.1) is 21.8 Å². The Morgan fingerprint density at radius 2 is 2.33 bits per heavy atom. The predicted octanol–water partition coefficient (Wildman–Crippen LogP) is 1.59. The number of alkyl halides is 1. The molecule has 0 radical (unpaired) electrons. The SMILES string of the molecule is Cn1c(CCl)nnc1C1CC2CCC1O2. The standard InChI is InChI=1S/C10H14ClN3O/c1-14-9(5-11)12-13-10(14)7-4-6-2-3-8(7)15-6/h6-8H,2-5H2,1H3. The molecule has 2 bridgehead atoms. The largest absolute Gasteiger partial charge is 0.374 e. The average Bonchev–Trinajstić information content (AvgIpc) is 2.91. The number of rotatable bonds is 2. The molecule has 4 nitrogen and oxygen atoms in total. The molecule has 3 atom stereocenters. The average molecular weight is 228 g/mol. The van der Waals surface area contributed by atoms with Gasteiger partial charge in [0.05, 0.1) is 18.1 Å². The van der Waals surface area contributed by atoms with Crippen molar-refractivity contribution in [1.29, 1.82) is 0 Å². The Labute approximate surface area is 93.6 Å². The molecule has 5 heteroatoms. The zero-order valence-corrected chi connectivity index (χ0v) is 9.44. The van der Waals surface area contributed by atoms with E-state index in [-0.39, 0.29) is 0 Å². The molecule has 0 saturated carbocycles. The van der Waals surface area contributed by atoms with Crippen LogP contribution in [0.5, 0.6) is 0 Å². The molecular weight excluding hydrogens is 214 g/mol. The fraction of sp³-hybridized carbons (Fsp3) is 0.800. The third-order valence-corrected chi connectivity index (χ3v) is 3.79. The summed E-state index contributed by atoms with van der Waals surface area (Å²) in [5.41, 5.74) is 0. The summed E-state index contributed by atoms with van der Waals surface area (Å²) in [7, 11) is 1.99. The monoisotopic (exact) mass is 227 g/mol. The Balaban J connectivity index is 1.90. The van der Waals surface area contributed by atoms with E-state index in [1.54, 1.807) is 0 Å². The van der Waals surface area contributed by atoms with Crippen LogP contribution in [0.15, 0.2) is 0 Å². The van der Waals surface area contributed by atoms with Crippen molar-refractivity contribution in [3.63, 3.8) is 0 Å². The Morgan fingerprint density at radius 1 is 1.47 bits per heavy atom. The Bertz CT molecular complexity index is 379. The van der Waals surface area contributed by atoms with Gasteiger partial charge in [0, 0.05) is 13.0 Å². The van der Waals surface area contributed by atoms with E-state index in [0.29, 0.717) is 24.0 Å². The molecule has 2 saturated heterocycles. The number of hydrogen-bond acceptors (Lipinski definition) is 3. The van der Waals surface area contributed by atoms with Crippen molar-refractivity contribution in [2.24, 2.45) is 7.05 Å². The molecule has 3 rings (SSSR count). The first-order valence-electron chi connectivity index (χ1n) is 5.39. The molecule has 2 aliphatic heterocycles.